The zero-order valence-corrected chi connectivity index (χ0v) is 18.8. The maximum atomic E-state index is 13.0. The van der Waals surface area contributed by atoms with Crippen molar-refractivity contribution in [2.75, 3.05) is 20.7 Å². The molecule has 0 saturated carbocycles. The first-order chi connectivity index (χ1) is 14.2. The first-order valence-electron chi connectivity index (χ1n) is 8.98. The van der Waals surface area contributed by atoms with Crippen molar-refractivity contribution in [1.82, 2.24) is 9.79 Å². The summed E-state index contributed by atoms with van der Waals surface area (Å²) in [6, 6.07) is 8.61. The minimum Gasteiger partial charge on any atom is -0.351 e. The second-order valence-corrected chi connectivity index (χ2v) is 9.70. The molecule has 0 atom stereocenters. The molecule has 31 heavy (non-hydrogen) atoms. The first-order valence-corrected chi connectivity index (χ1v) is 10.8. The highest BCUT2D eigenvalue weighted by molar-refractivity contribution is 7.89. The summed E-state index contributed by atoms with van der Waals surface area (Å²) < 4.78 is 64.5. The van der Waals surface area contributed by atoms with E-state index in [4.69, 9.17) is 16.4 Å². The van der Waals surface area contributed by atoms with Gasteiger partial charge in [0.25, 0.3) is 15.9 Å². The number of carbonyl (C=O) groups is 1. The number of alkyl halides is 3. The summed E-state index contributed by atoms with van der Waals surface area (Å²) in [6.45, 7) is 3.39. The Balaban J connectivity index is 2.24. The highest BCUT2D eigenvalue weighted by Crippen LogP contribution is 2.32. The van der Waals surface area contributed by atoms with Crippen molar-refractivity contribution < 1.29 is 31.2 Å². The molecule has 0 unspecified atom stereocenters. The highest BCUT2D eigenvalue weighted by atomic mass is 35.5. The van der Waals surface area contributed by atoms with Crippen molar-refractivity contribution in [2.45, 2.75) is 30.3 Å². The summed E-state index contributed by atoms with van der Waals surface area (Å²) in [5.41, 5.74) is -1.19. The fraction of sp³-hybridized carbons (Fsp3) is 0.350. The van der Waals surface area contributed by atoms with Crippen LogP contribution in [0.2, 0.25) is 5.02 Å². The summed E-state index contributed by atoms with van der Waals surface area (Å²) in [5.74, 6) is -0.603. The van der Waals surface area contributed by atoms with Crippen LogP contribution < -0.4 is 5.32 Å². The van der Waals surface area contributed by atoms with Crippen LogP contribution in [0.4, 0.5) is 13.2 Å². The topological polar surface area (TPSA) is 75.7 Å². The third kappa shape index (κ3) is 5.76. The smallest absolute Gasteiger partial charge is 0.351 e. The lowest BCUT2D eigenvalue weighted by Gasteiger charge is -2.26. The van der Waals surface area contributed by atoms with Crippen LogP contribution in [0.25, 0.3) is 0 Å². The fourth-order valence-electron chi connectivity index (χ4n) is 2.70. The van der Waals surface area contributed by atoms with E-state index in [1.807, 2.05) is 0 Å². The van der Waals surface area contributed by atoms with E-state index in [0.717, 1.165) is 25.3 Å². The minimum atomic E-state index is -4.48. The number of rotatable bonds is 7. The largest absolute Gasteiger partial charge is 0.416 e. The van der Waals surface area contributed by atoms with Gasteiger partial charge >= 0.3 is 6.18 Å². The Kier molecular flexibility index (Phi) is 7.42. The van der Waals surface area contributed by atoms with Gasteiger partial charge in [-0.15, -0.1) is 0 Å². The van der Waals surface area contributed by atoms with Crippen molar-refractivity contribution in [2.24, 2.45) is 0 Å². The van der Waals surface area contributed by atoms with Gasteiger partial charge in [0.1, 0.15) is 4.90 Å². The van der Waals surface area contributed by atoms with Crippen molar-refractivity contribution in [3.63, 3.8) is 0 Å². The molecule has 1 amide bonds. The number of nitrogens with one attached hydrogen (secondary N) is 1. The van der Waals surface area contributed by atoms with Gasteiger partial charge in [0, 0.05) is 24.6 Å². The van der Waals surface area contributed by atoms with Crippen LogP contribution in [0.3, 0.4) is 0 Å². The standard InChI is InChI=1S/C20H22ClF3N2O4S/c1-19(2,14-6-5-7-15(11-14)20(22,23)24)12-25-18(27)13-8-9-16(21)17(10-13)31(28,29)26(3)30-4/h5-11H,12H2,1-4H3,(H,25,27). The Bertz CT molecular complexity index is 1070. The quantitative estimate of drug-likeness (QED) is 0.604. The summed E-state index contributed by atoms with van der Waals surface area (Å²) in [7, 11) is -1.75. The van der Waals surface area contributed by atoms with Crippen LogP contribution in [0, 0.1) is 0 Å². The molecule has 0 bridgehead atoms. The average molecular weight is 479 g/mol. The third-order valence-electron chi connectivity index (χ3n) is 4.73. The fourth-order valence-corrected chi connectivity index (χ4v) is 4.17. The van der Waals surface area contributed by atoms with E-state index in [-0.39, 0.29) is 22.0 Å². The molecule has 1 N–H and O–H groups in total. The average Bonchev–Trinajstić information content (AvgIpc) is 2.71. The second kappa shape index (κ2) is 9.15. The number of hydroxylamine groups is 1. The molecule has 0 fully saturated rings. The zero-order valence-electron chi connectivity index (χ0n) is 17.2. The maximum Gasteiger partial charge on any atom is 0.416 e. The Morgan fingerprint density at radius 2 is 1.74 bits per heavy atom. The van der Waals surface area contributed by atoms with E-state index < -0.39 is 33.1 Å². The van der Waals surface area contributed by atoms with E-state index in [0.29, 0.717) is 10.0 Å². The molecule has 0 saturated heterocycles. The Morgan fingerprint density at radius 3 is 2.32 bits per heavy atom. The number of carbonyl (C=O) groups excluding carboxylic acids is 1. The summed E-state index contributed by atoms with van der Waals surface area (Å²) in [6.07, 6.45) is -4.48. The molecule has 0 heterocycles. The predicted molar refractivity (Wildman–Crippen MR) is 110 cm³/mol. The van der Waals surface area contributed by atoms with E-state index in [1.54, 1.807) is 19.9 Å². The summed E-state index contributed by atoms with van der Waals surface area (Å²) >= 11 is 5.98. The predicted octanol–water partition coefficient (Wildman–Crippen LogP) is 4.25. The molecule has 0 spiro atoms. The maximum absolute atomic E-state index is 13.0. The summed E-state index contributed by atoms with van der Waals surface area (Å²) in [5, 5.41) is 2.54. The van der Waals surface area contributed by atoms with Gasteiger partial charge in [-0.3, -0.25) is 9.63 Å². The van der Waals surface area contributed by atoms with Crippen molar-refractivity contribution in [1.29, 1.82) is 0 Å². The summed E-state index contributed by atoms with van der Waals surface area (Å²) in [4.78, 5) is 17.0. The van der Waals surface area contributed by atoms with Crippen LogP contribution in [0.15, 0.2) is 47.4 Å². The lowest BCUT2D eigenvalue weighted by molar-refractivity contribution is -0.137. The molecule has 0 aromatic heterocycles. The van der Waals surface area contributed by atoms with Crippen LogP contribution in [0.5, 0.6) is 0 Å². The zero-order chi connectivity index (χ0) is 23.6. The second-order valence-electron chi connectivity index (χ2n) is 7.39. The molecule has 2 aromatic rings. The molecule has 11 heteroatoms. The van der Waals surface area contributed by atoms with Gasteiger partial charge in [-0.25, -0.2) is 8.42 Å². The Labute approximate surface area is 184 Å². The highest BCUT2D eigenvalue weighted by Gasteiger charge is 2.32. The van der Waals surface area contributed by atoms with Gasteiger partial charge in [0.2, 0.25) is 0 Å². The van der Waals surface area contributed by atoms with Gasteiger partial charge in [0.05, 0.1) is 17.7 Å². The normalized spacial score (nSPS) is 12.8. The van der Waals surface area contributed by atoms with E-state index in [1.165, 1.54) is 25.2 Å². The van der Waals surface area contributed by atoms with Gasteiger partial charge in [-0.2, -0.15) is 13.2 Å². The van der Waals surface area contributed by atoms with Crippen LogP contribution >= 0.6 is 11.6 Å². The number of sulfonamides is 1. The number of amides is 1. The first kappa shape index (κ1) is 25.1. The molecular formula is C20H22ClF3N2O4S. The van der Waals surface area contributed by atoms with Crippen molar-refractivity contribution in [3.8, 4) is 0 Å². The van der Waals surface area contributed by atoms with Crippen molar-refractivity contribution in [3.05, 3.63) is 64.2 Å². The van der Waals surface area contributed by atoms with E-state index >= 15 is 0 Å². The van der Waals surface area contributed by atoms with Crippen molar-refractivity contribution >= 4 is 27.5 Å². The molecule has 0 aliphatic heterocycles. The molecular weight excluding hydrogens is 457 g/mol. The van der Waals surface area contributed by atoms with Gasteiger partial charge in [-0.05, 0) is 29.8 Å². The molecule has 0 aliphatic rings. The molecule has 0 aliphatic carbocycles. The molecule has 2 rings (SSSR count). The van der Waals surface area contributed by atoms with Crippen LogP contribution in [-0.2, 0) is 26.5 Å². The van der Waals surface area contributed by atoms with Crippen LogP contribution in [0.1, 0.15) is 35.3 Å². The molecule has 170 valence electrons. The minimum absolute atomic E-state index is 0.00975. The van der Waals surface area contributed by atoms with E-state index in [2.05, 4.69) is 5.32 Å². The lowest BCUT2D eigenvalue weighted by atomic mass is 9.83. The Morgan fingerprint density at radius 1 is 1.13 bits per heavy atom. The number of benzene rings is 2. The van der Waals surface area contributed by atoms with Crippen LogP contribution in [-0.4, -0.2) is 39.5 Å². The van der Waals surface area contributed by atoms with Gasteiger partial charge in [0.15, 0.2) is 0 Å². The third-order valence-corrected chi connectivity index (χ3v) is 6.89. The SMILES string of the molecule is CON(C)S(=O)(=O)c1cc(C(=O)NCC(C)(C)c2cccc(C(F)(F)F)c2)ccc1Cl. The molecule has 2 aromatic carbocycles. The number of hydrogen-bond donors (Lipinski definition) is 1. The number of hydrogen-bond acceptors (Lipinski definition) is 4. The number of nitrogens with zero attached hydrogens (tertiary/aromatic N) is 1. The van der Waals surface area contributed by atoms with E-state index in [9.17, 15) is 26.4 Å². The number of halogens is 4. The van der Waals surface area contributed by atoms with Gasteiger partial charge in [-0.1, -0.05) is 48.1 Å². The monoisotopic (exact) mass is 478 g/mol. The molecule has 6 nitrogen and oxygen atoms in total. The van der Waals surface area contributed by atoms with Gasteiger partial charge < -0.3 is 5.32 Å². The Hall–Kier alpha value is -2.14. The lowest BCUT2D eigenvalue weighted by Crippen LogP contribution is -2.37. The molecule has 0 radical (unpaired) electrons.